The maximum Gasteiger partial charge on any atom is 0.104 e. The van der Waals surface area contributed by atoms with E-state index in [1.54, 1.807) is 0 Å². The molecule has 4 aromatic carbocycles. The molecule has 0 unspecified atom stereocenters. The van der Waals surface area contributed by atoms with Crippen molar-refractivity contribution in [3.05, 3.63) is 72.3 Å². The van der Waals surface area contributed by atoms with Crippen LogP contribution in [0.3, 0.4) is 0 Å². The van der Waals surface area contributed by atoms with E-state index in [1.807, 2.05) is 0 Å². The van der Waals surface area contributed by atoms with Crippen LogP contribution < -0.4 is 0 Å². The van der Waals surface area contributed by atoms with Crippen molar-refractivity contribution in [2.24, 2.45) is 0 Å². The first-order valence-electron chi connectivity index (χ1n) is 9.45. The van der Waals surface area contributed by atoms with Crippen molar-refractivity contribution in [1.29, 1.82) is 0 Å². The average molecular weight is 322 g/mol. The molecule has 0 amide bonds. The molecule has 0 saturated heterocycles. The Hall–Kier alpha value is -2.21. The standard InChI is InChI=1S/C23H24B2/c1-2-3-14-23(24,25)16-12-13-21-19-10-5-4-8-17(19)18-9-6-7-11-20(18)22(21)15-16/h4-13,15H,2-3,14,24-25H2,1H3. The molecular formula is C23H24B2. The number of fused-ring (bicyclic) bond motifs is 6. The van der Waals surface area contributed by atoms with E-state index in [0.29, 0.717) is 0 Å². The van der Waals surface area contributed by atoms with Crippen molar-refractivity contribution in [2.45, 2.75) is 31.4 Å². The molecule has 0 spiro atoms. The van der Waals surface area contributed by atoms with E-state index in [-0.39, 0.29) is 5.21 Å². The maximum absolute atomic E-state index is 2.44. The van der Waals surface area contributed by atoms with E-state index >= 15 is 0 Å². The Labute approximate surface area is 152 Å². The maximum atomic E-state index is 2.44. The molecule has 0 aliphatic rings. The zero-order chi connectivity index (χ0) is 17.4. The van der Waals surface area contributed by atoms with E-state index in [0.717, 1.165) is 0 Å². The predicted molar refractivity (Wildman–Crippen MR) is 117 cm³/mol. The fraction of sp³-hybridized carbons (Fsp3) is 0.217. The zero-order valence-electron chi connectivity index (χ0n) is 15.5. The number of unbranched alkanes of at least 4 members (excludes halogenated alkanes) is 1. The van der Waals surface area contributed by atoms with Gasteiger partial charge in [0.05, 0.1) is 0 Å². The molecule has 2 heteroatoms. The second kappa shape index (κ2) is 6.26. The van der Waals surface area contributed by atoms with Crippen LogP contribution in [0.5, 0.6) is 0 Å². The SMILES string of the molecule is BC(B)(CCCC)c1ccc2c3ccccc3c3ccccc3c2c1. The lowest BCUT2D eigenvalue weighted by Crippen LogP contribution is -2.26. The van der Waals surface area contributed by atoms with Crippen molar-refractivity contribution in [3.63, 3.8) is 0 Å². The third kappa shape index (κ3) is 2.74. The summed E-state index contributed by atoms with van der Waals surface area (Å²) in [6.45, 7) is 2.27. The molecule has 0 atom stereocenters. The quantitative estimate of drug-likeness (QED) is 0.375. The van der Waals surface area contributed by atoms with Crippen LogP contribution in [-0.2, 0) is 5.21 Å². The lowest BCUT2D eigenvalue weighted by atomic mass is 9.49. The Morgan fingerprint density at radius 1 is 0.680 bits per heavy atom. The van der Waals surface area contributed by atoms with Crippen LogP contribution in [0.15, 0.2) is 66.7 Å². The van der Waals surface area contributed by atoms with Crippen LogP contribution in [0.4, 0.5) is 0 Å². The Balaban J connectivity index is 2.05. The normalized spacial score (nSPS) is 12.2. The second-order valence-corrected chi connectivity index (χ2v) is 7.84. The van der Waals surface area contributed by atoms with Gasteiger partial charge in [0.1, 0.15) is 15.7 Å². The number of benzene rings is 4. The van der Waals surface area contributed by atoms with Crippen molar-refractivity contribution in [3.8, 4) is 0 Å². The van der Waals surface area contributed by atoms with Gasteiger partial charge in [-0.25, -0.2) is 0 Å². The molecular weight excluding hydrogens is 298 g/mol. The van der Waals surface area contributed by atoms with Gasteiger partial charge in [-0.3, -0.25) is 0 Å². The first-order chi connectivity index (χ1) is 12.1. The summed E-state index contributed by atoms with van der Waals surface area (Å²) in [4.78, 5) is 0. The minimum atomic E-state index is 0.219. The van der Waals surface area contributed by atoms with Gasteiger partial charge < -0.3 is 0 Å². The molecule has 0 radical (unpaired) electrons. The Morgan fingerprint density at radius 3 is 1.68 bits per heavy atom. The largest absolute Gasteiger partial charge is 0.104 e. The van der Waals surface area contributed by atoms with E-state index < -0.39 is 0 Å². The van der Waals surface area contributed by atoms with Crippen LogP contribution in [0, 0.1) is 0 Å². The van der Waals surface area contributed by atoms with Crippen LogP contribution in [0.25, 0.3) is 32.3 Å². The summed E-state index contributed by atoms with van der Waals surface area (Å²) in [5.74, 6) is 0. The molecule has 0 saturated carbocycles. The number of rotatable bonds is 4. The molecule has 4 rings (SSSR count). The number of hydrogen-bond donors (Lipinski definition) is 0. The van der Waals surface area contributed by atoms with Crippen LogP contribution in [0.1, 0.15) is 31.7 Å². The smallest absolute Gasteiger partial charge is 0.0654 e. The summed E-state index contributed by atoms with van der Waals surface area (Å²) in [7, 11) is 4.76. The predicted octanol–water partition coefficient (Wildman–Crippen LogP) is 4.76. The highest BCUT2D eigenvalue weighted by Crippen LogP contribution is 2.37. The lowest BCUT2D eigenvalue weighted by Gasteiger charge is -2.26. The van der Waals surface area contributed by atoms with Crippen molar-refractivity contribution < 1.29 is 0 Å². The minimum Gasteiger partial charge on any atom is -0.0654 e. The molecule has 0 aliphatic carbocycles. The summed E-state index contributed by atoms with van der Waals surface area (Å²) < 4.78 is 0. The van der Waals surface area contributed by atoms with Gasteiger partial charge in [-0.1, -0.05) is 104 Å². The summed E-state index contributed by atoms with van der Waals surface area (Å²) in [5.41, 5.74) is 1.45. The van der Waals surface area contributed by atoms with E-state index in [4.69, 9.17) is 0 Å². The minimum absolute atomic E-state index is 0.219. The Morgan fingerprint density at radius 2 is 1.16 bits per heavy atom. The van der Waals surface area contributed by atoms with Gasteiger partial charge in [0, 0.05) is 0 Å². The first kappa shape index (κ1) is 16.3. The van der Waals surface area contributed by atoms with Gasteiger partial charge in [-0.2, -0.15) is 0 Å². The van der Waals surface area contributed by atoms with Gasteiger partial charge in [0.2, 0.25) is 0 Å². The van der Waals surface area contributed by atoms with Crippen LogP contribution in [0.2, 0.25) is 0 Å². The Bertz CT molecular complexity index is 1030. The molecule has 0 heterocycles. The van der Waals surface area contributed by atoms with Gasteiger partial charge in [0.15, 0.2) is 0 Å². The molecule has 0 bridgehead atoms. The van der Waals surface area contributed by atoms with Gasteiger partial charge >= 0.3 is 0 Å². The van der Waals surface area contributed by atoms with Gasteiger partial charge in [-0.15, -0.1) is 0 Å². The topological polar surface area (TPSA) is 0 Å². The second-order valence-electron chi connectivity index (χ2n) is 7.84. The lowest BCUT2D eigenvalue weighted by molar-refractivity contribution is 0.659. The van der Waals surface area contributed by atoms with Crippen LogP contribution >= 0.6 is 0 Å². The summed E-state index contributed by atoms with van der Waals surface area (Å²) >= 11 is 0. The average Bonchev–Trinajstić information content (AvgIpc) is 2.66. The molecule has 4 aromatic rings. The molecule has 0 nitrogen and oxygen atoms in total. The van der Waals surface area contributed by atoms with E-state index in [2.05, 4.69) is 89.3 Å². The van der Waals surface area contributed by atoms with Crippen molar-refractivity contribution in [1.82, 2.24) is 0 Å². The third-order valence-corrected chi connectivity index (χ3v) is 5.68. The highest BCUT2D eigenvalue weighted by molar-refractivity contribution is 6.40. The molecule has 122 valence electrons. The van der Waals surface area contributed by atoms with Crippen molar-refractivity contribution >= 4 is 48.0 Å². The van der Waals surface area contributed by atoms with Gasteiger partial charge in [0.25, 0.3) is 0 Å². The van der Waals surface area contributed by atoms with Crippen LogP contribution in [-0.4, -0.2) is 15.7 Å². The first-order valence-corrected chi connectivity index (χ1v) is 9.45. The monoisotopic (exact) mass is 322 g/mol. The highest BCUT2D eigenvalue weighted by Gasteiger charge is 2.21. The molecule has 0 aromatic heterocycles. The fourth-order valence-corrected chi connectivity index (χ4v) is 4.09. The Kier molecular flexibility index (Phi) is 4.07. The zero-order valence-corrected chi connectivity index (χ0v) is 15.5. The summed E-state index contributed by atoms with van der Waals surface area (Å²) in [5, 5.41) is 8.40. The molecule has 0 fully saturated rings. The molecule has 0 N–H and O–H groups in total. The highest BCUT2D eigenvalue weighted by atomic mass is 14.2. The number of hydrogen-bond acceptors (Lipinski definition) is 0. The summed E-state index contributed by atoms with van der Waals surface area (Å²) in [6, 6.07) is 24.8. The summed E-state index contributed by atoms with van der Waals surface area (Å²) in [6.07, 6.45) is 3.77. The van der Waals surface area contributed by atoms with Gasteiger partial charge in [-0.05, 0) is 32.3 Å². The fourth-order valence-electron chi connectivity index (χ4n) is 4.09. The van der Waals surface area contributed by atoms with E-state index in [1.165, 1.54) is 57.1 Å². The third-order valence-electron chi connectivity index (χ3n) is 5.68. The molecule has 25 heavy (non-hydrogen) atoms. The molecule has 0 aliphatic heterocycles. The van der Waals surface area contributed by atoms with E-state index in [9.17, 15) is 0 Å². The van der Waals surface area contributed by atoms with Crippen molar-refractivity contribution in [2.75, 3.05) is 0 Å².